The SMILES string of the molecule is CCOCCCOCc1ccccc1-c1nc(C2CCN(C(=O)OC(C)(C)C)CC2)cs1. The average molecular weight is 461 g/mol. The highest BCUT2D eigenvalue weighted by Crippen LogP contribution is 2.34. The van der Waals surface area contributed by atoms with Gasteiger partial charge in [0.05, 0.1) is 12.3 Å². The molecule has 0 bridgehead atoms. The van der Waals surface area contributed by atoms with Crippen molar-refractivity contribution in [2.75, 3.05) is 32.9 Å². The first kappa shape index (κ1) is 24.7. The van der Waals surface area contributed by atoms with Gasteiger partial charge in [-0.2, -0.15) is 0 Å². The largest absolute Gasteiger partial charge is 0.444 e. The van der Waals surface area contributed by atoms with Gasteiger partial charge in [0.1, 0.15) is 10.6 Å². The molecule has 0 radical (unpaired) electrons. The van der Waals surface area contributed by atoms with Crippen molar-refractivity contribution in [3.05, 3.63) is 40.9 Å². The molecule has 2 aromatic rings. The van der Waals surface area contributed by atoms with Crippen LogP contribution in [0.15, 0.2) is 29.6 Å². The number of benzene rings is 1. The zero-order valence-corrected chi connectivity index (χ0v) is 20.6. The fourth-order valence-electron chi connectivity index (χ4n) is 3.73. The number of piperidine rings is 1. The number of rotatable bonds is 9. The average Bonchev–Trinajstić information content (AvgIpc) is 3.25. The number of nitrogens with zero attached hydrogens (tertiary/aromatic N) is 2. The van der Waals surface area contributed by atoms with Gasteiger partial charge in [-0.25, -0.2) is 9.78 Å². The number of ether oxygens (including phenoxy) is 3. The fraction of sp³-hybridized carbons (Fsp3) is 0.600. The first-order valence-corrected chi connectivity index (χ1v) is 12.4. The number of hydrogen-bond acceptors (Lipinski definition) is 6. The number of carbonyl (C=O) groups excluding carboxylic acids is 1. The van der Waals surface area contributed by atoms with Crippen molar-refractivity contribution in [3.8, 4) is 10.6 Å². The molecule has 1 fully saturated rings. The number of likely N-dealkylation sites (tertiary alicyclic amines) is 1. The minimum Gasteiger partial charge on any atom is -0.444 e. The van der Waals surface area contributed by atoms with Crippen LogP contribution in [0.2, 0.25) is 0 Å². The first-order valence-electron chi connectivity index (χ1n) is 11.5. The maximum absolute atomic E-state index is 12.3. The van der Waals surface area contributed by atoms with E-state index in [0.717, 1.165) is 54.3 Å². The molecule has 1 amide bonds. The zero-order chi connectivity index (χ0) is 23.0. The van der Waals surface area contributed by atoms with Crippen LogP contribution in [-0.2, 0) is 20.8 Å². The van der Waals surface area contributed by atoms with E-state index < -0.39 is 5.60 Å². The quantitative estimate of drug-likeness (QED) is 0.438. The van der Waals surface area contributed by atoms with Crippen molar-refractivity contribution < 1.29 is 19.0 Å². The van der Waals surface area contributed by atoms with Crippen molar-refractivity contribution >= 4 is 17.4 Å². The lowest BCUT2D eigenvalue weighted by Gasteiger charge is -2.32. The van der Waals surface area contributed by atoms with Crippen LogP contribution >= 0.6 is 11.3 Å². The lowest BCUT2D eigenvalue weighted by atomic mass is 9.94. The number of hydrogen-bond donors (Lipinski definition) is 0. The van der Waals surface area contributed by atoms with Gasteiger partial charge >= 0.3 is 6.09 Å². The van der Waals surface area contributed by atoms with Gasteiger partial charge in [-0.3, -0.25) is 0 Å². The molecule has 1 aromatic carbocycles. The van der Waals surface area contributed by atoms with E-state index in [-0.39, 0.29) is 6.09 Å². The molecule has 1 aromatic heterocycles. The van der Waals surface area contributed by atoms with Gasteiger partial charge in [0.15, 0.2) is 0 Å². The van der Waals surface area contributed by atoms with Gasteiger partial charge in [-0.15, -0.1) is 11.3 Å². The van der Waals surface area contributed by atoms with Gasteiger partial charge < -0.3 is 19.1 Å². The lowest BCUT2D eigenvalue weighted by Crippen LogP contribution is -2.41. The summed E-state index contributed by atoms with van der Waals surface area (Å²) in [4.78, 5) is 19.1. The third-order valence-electron chi connectivity index (χ3n) is 5.37. The highest BCUT2D eigenvalue weighted by molar-refractivity contribution is 7.13. The zero-order valence-electron chi connectivity index (χ0n) is 19.8. The normalized spacial score (nSPS) is 15.2. The van der Waals surface area contributed by atoms with E-state index in [1.807, 2.05) is 44.7 Å². The Morgan fingerprint density at radius 3 is 2.59 bits per heavy atom. The van der Waals surface area contributed by atoms with E-state index in [0.29, 0.717) is 32.2 Å². The van der Waals surface area contributed by atoms with Crippen LogP contribution < -0.4 is 0 Å². The summed E-state index contributed by atoms with van der Waals surface area (Å²) in [6.07, 6.45) is 2.50. The van der Waals surface area contributed by atoms with Crippen LogP contribution in [0.5, 0.6) is 0 Å². The van der Waals surface area contributed by atoms with Crippen LogP contribution in [0.25, 0.3) is 10.6 Å². The third kappa shape index (κ3) is 7.29. The van der Waals surface area contributed by atoms with Gasteiger partial charge in [0.2, 0.25) is 0 Å². The molecule has 32 heavy (non-hydrogen) atoms. The maximum Gasteiger partial charge on any atom is 0.410 e. The maximum atomic E-state index is 12.3. The summed E-state index contributed by atoms with van der Waals surface area (Å²) in [5.41, 5.74) is 2.96. The van der Waals surface area contributed by atoms with Crippen LogP contribution in [0.3, 0.4) is 0 Å². The van der Waals surface area contributed by atoms with Gasteiger partial charge in [-0.1, -0.05) is 24.3 Å². The number of carbonyl (C=O) groups is 1. The molecule has 1 saturated heterocycles. The fourth-order valence-corrected chi connectivity index (χ4v) is 4.69. The summed E-state index contributed by atoms with van der Waals surface area (Å²) in [5, 5.41) is 3.20. The van der Waals surface area contributed by atoms with Crippen LogP contribution in [0.1, 0.15) is 64.1 Å². The third-order valence-corrected chi connectivity index (χ3v) is 6.27. The van der Waals surface area contributed by atoms with E-state index >= 15 is 0 Å². The Bertz CT molecular complexity index is 854. The molecule has 7 heteroatoms. The molecule has 1 aliphatic rings. The number of amides is 1. The number of aromatic nitrogens is 1. The van der Waals surface area contributed by atoms with Crippen molar-refractivity contribution in [1.29, 1.82) is 0 Å². The number of thiazole rings is 1. The summed E-state index contributed by atoms with van der Waals surface area (Å²) in [6, 6.07) is 8.32. The molecule has 0 atom stereocenters. The second-order valence-corrected chi connectivity index (χ2v) is 9.94. The van der Waals surface area contributed by atoms with E-state index in [4.69, 9.17) is 19.2 Å². The molecule has 1 aliphatic heterocycles. The Kier molecular flexibility index (Phi) is 9.08. The van der Waals surface area contributed by atoms with E-state index in [1.165, 1.54) is 0 Å². The van der Waals surface area contributed by atoms with E-state index in [9.17, 15) is 4.79 Å². The Morgan fingerprint density at radius 1 is 1.16 bits per heavy atom. The summed E-state index contributed by atoms with van der Waals surface area (Å²) in [7, 11) is 0. The predicted octanol–water partition coefficient (Wildman–Crippen LogP) is 5.87. The Balaban J connectivity index is 1.56. The standard InChI is InChI=1S/C25H36N2O4S/c1-5-29-15-8-16-30-17-20-9-6-7-10-21(20)23-26-22(18-32-23)19-11-13-27(14-12-19)24(28)31-25(2,3)4/h6-7,9-10,18-19H,5,8,11-17H2,1-4H3. The molecule has 0 N–H and O–H groups in total. The molecule has 0 saturated carbocycles. The summed E-state index contributed by atoms with van der Waals surface area (Å²) in [6.45, 7) is 11.9. The van der Waals surface area contributed by atoms with Crippen LogP contribution in [0.4, 0.5) is 4.79 Å². The molecule has 3 rings (SSSR count). The van der Waals surface area contributed by atoms with Crippen molar-refractivity contribution in [2.45, 2.75) is 65.1 Å². The Hall–Kier alpha value is -1.96. The predicted molar refractivity (Wildman–Crippen MR) is 128 cm³/mol. The molecular weight excluding hydrogens is 424 g/mol. The highest BCUT2D eigenvalue weighted by atomic mass is 32.1. The monoisotopic (exact) mass is 460 g/mol. The Labute approximate surface area is 195 Å². The van der Waals surface area contributed by atoms with E-state index in [2.05, 4.69) is 17.5 Å². The molecule has 0 aliphatic carbocycles. The molecule has 0 unspecified atom stereocenters. The van der Waals surface area contributed by atoms with Gasteiger partial charge in [0.25, 0.3) is 0 Å². The van der Waals surface area contributed by atoms with Crippen LogP contribution in [-0.4, -0.2) is 54.5 Å². The van der Waals surface area contributed by atoms with Crippen molar-refractivity contribution in [3.63, 3.8) is 0 Å². The van der Waals surface area contributed by atoms with Gasteiger partial charge in [-0.05, 0) is 52.5 Å². The first-order chi connectivity index (χ1) is 15.4. The van der Waals surface area contributed by atoms with E-state index in [1.54, 1.807) is 11.3 Å². The smallest absolute Gasteiger partial charge is 0.410 e. The highest BCUT2D eigenvalue weighted by Gasteiger charge is 2.28. The molecule has 6 nitrogen and oxygen atoms in total. The minimum atomic E-state index is -0.460. The summed E-state index contributed by atoms with van der Waals surface area (Å²) >= 11 is 1.68. The van der Waals surface area contributed by atoms with Crippen molar-refractivity contribution in [1.82, 2.24) is 9.88 Å². The molecular formula is C25H36N2O4S. The molecule has 176 valence electrons. The van der Waals surface area contributed by atoms with Crippen molar-refractivity contribution in [2.24, 2.45) is 0 Å². The molecule has 2 heterocycles. The molecule has 0 spiro atoms. The van der Waals surface area contributed by atoms with Crippen LogP contribution in [0, 0.1) is 0 Å². The second-order valence-electron chi connectivity index (χ2n) is 9.08. The topological polar surface area (TPSA) is 60.9 Å². The summed E-state index contributed by atoms with van der Waals surface area (Å²) < 4.78 is 16.7. The van der Waals surface area contributed by atoms with Gasteiger partial charge in [0, 0.05) is 49.8 Å². The summed E-state index contributed by atoms with van der Waals surface area (Å²) in [5.74, 6) is 0.376. The second kappa shape index (κ2) is 11.8. The minimum absolute atomic E-state index is 0.217. The Morgan fingerprint density at radius 2 is 1.88 bits per heavy atom. The lowest BCUT2D eigenvalue weighted by molar-refractivity contribution is 0.0204.